The summed E-state index contributed by atoms with van der Waals surface area (Å²) in [5.74, 6) is 0.834. The van der Waals surface area contributed by atoms with Crippen molar-refractivity contribution in [1.82, 2.24) is 5.32 Å². The van der Waals surface area contributed by atoms with Gasteiger partial charge in [0.1, 0.15) is 12.0 Å². The first-order valence-electron chi connectivity index (χ1n) is 3.23. The first-order valence-corrected chi connectivity index (χ1v) is 3.23. The summed E-state index contributed by atoms with van der Waals surface area (Å²) in [5, 5.41) is 11.6. The van der Waals surface area contributed by atoms with E-state index in [1.807, 2.05) is 12.1 Å². The van der Waals surface area contributed by atoms with Gasteiger partial charge in [-0.2, -0.15) is 0 Å². The van der Waals surface area contributed by atoms with Crippen LogP contribution in [0.5, 0.6) is 0 Å². The molecule has 0 aliphatic heterocycles. The van der Waals surface area contributed by atoms with Crippen molar-refractivity contribution in [3.8, 4) is 0 Å². The Hall–Kier alpha value is -0.800. The molecule has 1 aromatic heterocycles. The van der Waals surface area contributed by atoms with Crippen molar-refractivity contribution in [2.75, 3.05) is 0 Å². The van der Waals surface area contributed by atoms with E-state index in [-0.39, 0.29) is 0 Å². The number of nitrogens with one attached hydrogen (secondary N) is 1. The molecule has 1 unspecified atom stereocenters. The van der Waals surface area contributed by atoms with E-state index in [9.17, 15) is 0 Å². The van der Waals surface area contributed by atoms with Gasteiger partial charge in [0.2, 0.25) is 0 Å². The van der Waals surface area contributed by atoms with Gasteiger partial charge in [-0.1, -0.05) is 0 Å². The summed E-state index contributed by atoms with van der Waals surface area (Å²) in [6.45, 7) is 2.24. The van der Waals surface area contributed by atoms with Crippen molar-refractivity contribution in [2.45, 2.75) is 19.7 Å². The number of aliphatic hydroxyl groups excluding tert-OH is 1. The van der Waals surface area contributed by atoms with E-state index in [0.717, 1.165) is 5.76 Å². The summed E-state index contributed by atoms with van der Waals surface area (Å²) in [6.07, 6.45) is 1.13. The zero-order valence-electron chi connectivity index (χ0n) is 5.87. The average molecular weight is 141 g/mol. The van der Waals surface area contributed by atoms with Crippen LogP contribution in [0.15, 0.2) is 22.8 Å². The number of aliphatic hydroxyl groups is 1. The van der Waals surface area contributed by atoms with Crippen LogP contribution in [0.4, 0.5) is 0 Å². The summed E-state index contributed by atoms with van der Waals surface area (Å²) in [5.41, 5.74) is 0. The number of furan rings is 1. The van der Waals surface area contributed by atoms with Gasteiger partial charge in [0.15, 0.2) is 0 Å². The van der Waals surface area contributed by atoms with Crippen molar-refractivity contribution in [1.29, 1.82) is 0 Å². The number of rotatable bonds is 3. The van der Waals surface area contributed by atoms with Crippen molar-refractivity contribution < 1.29 is 9.52 Å². The average Bonchev–Trinajstić information content (AvgIpc) is 2.34. The zero-order valence-corrected chi connectivity index (χ0v) is 5.87. The molecular formula is C7H11NO2. The fourth-order valence-corrected chi connectivity index (χ4v) is 0.661. The third-order valence-electron chi connectivity index (χ3n) is 1.15. The molecule has 10 heavy (non-hydrogen) atoms. The molecule has 0 amide bonds. The van der Waals surface area contributed by atoms with Crippen LogP contribution in [0.3, 0.4) is 0 Å². The largest absolute Gasteiger partial charge is 0.468 e. The topological polar surface area (TPSA) is 45.4 Å². The third kappa shape index (κ3) is 2.21. The Morgan fingerprint density at radius 3 is 3.10 bits per heavy atom. The Balaban J connectivity index is 2.28. The zero-order chi connectivity index (χ0) is 7.40. The maximum atomic E-state index is 8.80. The van der Waals surface area contributed by atoms with Gasteiger partial charge < -0.3 is 9.52 Å². The van der Waals surface area contributed by atoms with E-state index in [2.05, 4.69) is 5.32 Å². The molecule has 0 spiro atoms. The minimum absolute atomic E-state index is 0.481. The van der Waals surface area contributed by atoms with Gasteiger partial charge in [-0.25, -0.2) is 0 Å². The molecule has 3 heteroatoms. The molecule has 0 radical (unpaired) electrons. The summed E-state index contributed by atoms with van der Waals surface area (Å²) in [7, 11) is 0. The molecule has 0 aliphatic carbocycles. The van der Waals surface area contributed by atoms with E-state index >= 15 is 0 Å². The van der Waals surface area contributed by atoms with E-state index in [0.29, 0.717) is 6.54 Å². The maximum absolute atomic E-state index is 8.80. The lowest BCUT2D eigenvalue weighted by molar-refractivity contribution is 0.151. The second kappa shape index (κ2) is 3.39. The summed E-state index contributed by atoms with van der Waals surface area (Å²) < 4.78 is 5.01. The fourth-order valence-electron chi connectivity index (χ4n) is 0.661. The molecule has 0 saturated carbocycles. The van der Waals surface area contributed by atoms with Crippen molar-refractivity contribution >= 4 is 0 Å². The van der Waals surface area contributed by atoms with Crippen LogP contribution in [0, 0.1) is 0 Å². The molecular weight excluding hydrogens is 130 g/mol. The summed E-state index contributed by atoms with van der Waals surface area (Å²) in [4.78, 5) is 0. The van der Waals surface area contributed by atoms with Crippen LogP contribution < -0.4 is 5.32 Å². The number of hydrogen-bond donors (Lipinski definition) is 2. The normalized spacial score (nSPS) is 13.4. The Morgan fingerprint density at radius 1 is 1.80 bits per heavy atom. The SMILES string of the molecule is CC(O)NCc1ccco1. The highest BCUT2D eigenvalue weighted by Crippen LogP contribution is 1.98. The van der Waals surface area contributed by atoms with Gasteiger partial charge in [-0.3, -0.25) is 5.32 Å². The lowest BCUT2D eigenvalue weighted by Gasteiger charge is -2.03. The smallest absolute Gasteiger partial charge is 0.117 e. The first kappa shape index (κ1) is 7.31. The van der Waals surface area contributed by atoms with E-state index < -0.39 is 6.23 Å². The molecule has 1 rings (SSSR count). The fraction of sp³-hybridized carbons (Fsp3) is 0.429. The summed E-state index contributed by atoms with van der Waals surface area (Å²) >= 11 is 0. The van der Waals surface area contributed by atoms with Crippen LogP contribution in [0.2, 0.25) is 0 Å². The minimum atomic E-state index is -0.481. The summed E-state index contributed by atoms with van der Waals surface area (Å²) in [6, 6.07) is 3.68. The lowest BCUT2D eigenvalue weighted by Crippen LogP contribution is -2.24. The van der Waals surface area contributed by atoms with Crippen LogP contribution >= 0.6 is 0 Å². The third-order valence-corrected chi connectivity index (χ3v) is 1.15. The van der Waals surface area contributed by atoms with E-state index in [1.54, 1.807) is 13.2 Å². The molecule has 0 saturated heterocycles. The van der Waals surface area contributed by atoms with E-state index in [4.69, 9.17) is 9.52 Å². The maximum Gasteiger partial charge on any atom is 0.117 e. The van der Waals surface area contributed by atoms with Gasteiger partial charge >= 0.3 is 0 Å². The van der Waals surface area contributed by atoms with Crippen LogP contribution in [0.25, 0.3) is 0 Å². The Kier molecular flexibility index (Phi) is 2.48. The monoisotopic (exact) mass is 141 g/mol. The van der Waals surface area contributed by atoms with Crippen molar-refractivity contribution in [2.24, 2.45) is 0 Å². The van der Waals surface area contributed by atoms with Gasteiger partial charge in [-0.15, -0.1) is 0 Å². The predicted molar refractivity (Wildman–Crippen MR) is 37.2 cm³/mol. The van der Waals surface area contributed by atoms with Crippen LogP contribution in [-0.4, -0.2) is 11.3 Å². The molecule has 56 valence electrons. The first-order chi connectivity index (χ1) is 4.79. The van der Waals surface area contributed by atoms with Gasteiger partial charge in [0, 0.05) is 0 Å². The Labute approximate surface area is 59.7 Å². The molecule has 1 aromatic rings. The highest BCUT2D eigenvalue weighted by molar-refractivity contribution is 4.97. The van der Waals surface area contributed by atoms with Gasteiger partial charge in [0.05, 0.1) is 12.8 Å². The minimum Gasteiger partial charge on any atom is -0.468 e. The van der Waals surface area contributed by atoms with Crippen LogP contribution in [0.1, 0.15) is 12.7 Å². The second-order valence-electron chi connectivity index (χ2n) is 2.14. The van der Waals surface area contributed by atoms with Crippen molar-refractivity contribution in [3.63, 3.8) is 0 Å². The molecule has 0 aromatic carbocycles. The lowest BCUT2D eigenvalue weighted by atomic mass is 10.4. The molecule has 0 aliphatic rings. The Morgan fingerprint density at radius 2 is 2.60 bits per heavy atom. The molecule has 1 heterocycles. The standard InChI is InChI=1S/C7H11NO2/c1-6(9)8-5-7-3-2-4-10-7/h2-4,6,8-9H,5H2,1H3. The highest BCUT2D eigenvalue weighted by atomic mass is 16.3. The Bertz CT molecular complexity index is 170. The van der Waals surface area contributed by atoms with Crippen LogP contribution in [-0.2, 0) is 6.54 Å². The second-order valence-corrected chi connectivity index (χ2v) is 2.14. The molecule has 2 N–H and O–H groups in total. The molecule has 3 nitrogen and oxygen atoms in total. The van der Waals surface area contributed by atoms with E-state index in [1.165, 1.54) is 0 Å². The molecule has 0 bridgehead atoms. The van der Waals surface area contributed by atoms with Gasteiger partial charge in [-0.05, 0) is 19.1 Å². The van der Waals surface area contributed by atoms with Gasteiger partial charge in [0.25, 0.3) is 0 Å². The highest BCUT2D eigenvalue weighted by Gasteiger charge is 1.96. The quantitative estimate of drug-likeness (QED) is 0.609. The number of hydrogen-bond acceptors (Lipinski definition) is 3. The molecule has 1 atom stereocenters. The molecule has 0 fully saturated rings. The predicted octanol–water partition coefficient (Wildman–Crippen LogP) is 0.707. The van der Waals surface area contributed by atoms with Crippen molar-refractivity contribution in [3.05, 3.63) is 24.2 Å².